The van der Waals surface area contributed by atoms with Gasteiger partial charge in [0, 0.05) is 32.0 Å². The van der Waals surface area contributed by atoms with Crippen molar-refractivity contribution in [3.63, 3.8) is 0 Å². The minimum absolute atomic E-state index is 0.0421. The molecule has 2 N–H and O–H groups in total. The second kappa shape index (κ2) is 11.2. The van der Waals surface area contributed by atoms with Crippen molar-refractivity contribution in [2.45, 2.75) is 44.4 Å². The number of nitrogens with zero attached hydrogens (tertiary/aromatic N) is 1. The van der Waals surface area contributed by atoms with Crippen LogP contribution in [0.1, 0.15) is 55.6 Å². The van der Waals surface area contributed by atoms with Gasteiger partial charge in [-0.15, -0.1) is 0 Å². The number of carbonyl (C=O) groups is 3. The predicted molar refractivity (Wildman–Crippen MR) is 128 cm³/mol. The van der Waals surface area contributed by atoms with Crippen molar-refractivity contribution < 1.29 is 24.2 Å². The van der Waals surface area contributed by atoms with Crippen molar-refractivity contribution in [1.29, 1.82) is 0 Å². The second-order valence-corrected chi connectivity index (χ2v) is 9.08. The van der Waals surface area contributed by atoms with Crippen LogP contribution in [0.4, 0.5) is 4.79 Å². The maximum Gasteiger partial charge on any atom is 0.407 e. The normalized spacial score (nSPS) is 16.7. The summed E-state index contributed by atoms with van der Waals surface area (Å²) in [5.74, 6) is -1.15. The number of carboxylic acids is 1. The summed E-state index contributed by atoms with van der Waals surface area (Å²) in [6.45, 7) is 1.72. The standard InChI is InChI=1S/C27H32N2O5/c30-25(29-16-14-19(17-29)26(31)32)13-3-1-2-8-15-28-27(33)34-18-24-22-11-6-4-9-20(22)21-10-5-7-12-23(21)24/h4-7,9-12,19,24H,1-3,8,13-18H2,(H,28,33)(H,31,32). The molecule has 1 fully saturated rings. The minimum Gasteiger partial charge on any atom is -0.481 e. The van der Waals surface area contributed by atoms with E-state index >= 15 is 0 Å². The maximum absolute atomic E-state index is 12.2. The third kappa shape index (κ3) is 5.58. The van der Waals surface area contributed by atoms with Gasteiger partial charge in [-0.3, -0.25) is 9.59 Å². The van der Waals surface area contributed by atoms with Gasteiger partial charge in [-0.1, -0.05) is 61.4 Å². The van der Waals surface area contributed by atoms with Crippen molar-refractivity contribution in [3.05, 3.63) is 59.7 Å². The molecule has 0 spiro atoms. The smallest absolute Gasteiger partial charge is 0.407 e. The van der Waals surface area contributed by atoms with Gasteiger partial charge < -0.3 is 20.1 Å². The number of unbranched alkanes of at least 4 members (excludes halogenated alkanes) is 3. The number of amides is 2. The number of alkyl carbamates (subject to hydrolysis) is 1. The summed E-state index contributed by atoms with van der Waals surface area (Å²) in [5.41, 5.74) is 4.80. The molecule has 4 rings (SSSR count). The Balaban J connectivity index is 1.10. The van der Waals surface area contributed by atoms with Crippen LogP contribution >= 0.6 is 0 Å². The molecule has 2 aliphatic rings. The molecular formula is C27H32N2O5. The molecule has 0 radical (unpaired) electrons. The first-order chi connectivity index (χ1) is 16.5. The number of hydrogen-bond donors (Lipinski definition) is 2. The van der Waals surface area contributed by atoms with Crippen LogP contribution in [0.25, 0.3) is 11.1 Å². The Labute approximate surface area is 200 Å². The molecule has 2 aromatic carbocycles. The average Bonchev–Trinajstić information content (AvgIpc) is 3.46. The van der Waals surface area contributed by atoms with Crippen molar-refractivity contribution in [1.82, 2.24) is 10.2 Å². The van der Waals surface area contributed by atoms with Gasteiger partial charge in [0.05, 0.1) is 5.92 Å². The zero-order valence-electron chi connectivity index (χ0n) is 19.4. The van der Waals surface area contributed by atoms with Gasteiger partial charge in [0.15, 0.2) is 0 Å². The van der Waals surface area contributed by atoms with Crippen molar-refractivity contribution in [2.75, 3.05) is 26.2 Å². The third-order valence-corrected chi connectivity index (χ3v) is 6.82. The van der Waals surface area contributed by atoms with Gasteiger partial charge in [0.1, 0.15) is 6.61 Å². The lowest BCUT2D eigenvalue weighted by molar-refractivity contribution is -0.141. The zero-order chi connectivity index (χ0) is 23.9. The quantitative estimate of drug-likeness (QED) is 0.508. The third-order valence-electron chi connectivity index (χ3n) is 6.82. The number of aliphatic carboxylic acids is 1. The molecule has 2 amide bonds. The highest BCUT2D eigenvalue weighted by Crippen LogP contribution is 2.44. The molecule has 1 aliphatic heterocycles. The highest BCUT2D eigenvalue weighted by Gasteiger charge is 2.30. The summed E-state index contributed by atoms with van der Waals surface area (Å²) in [6.07, 6.45) is 4.00. The zero-order valence-corrected chi connectivity index (χ0v) is 19.4. The van der Waals surface area contributed by atoms with Gasteiger partial charge in [-0.05, 0) is 41.5 Å². The molecular weight excluding hydrogens is 432 g/mol. The molecule has 0 aromatic heterocycles. The lowest BCUT2D eigenvalue weighted by atomic mass is 9.98. The van der Waals surface area contributed by atoms with E-state index in [0.29, 0.717) is 39.1 Å². The number of likely N-dealkylation sites (tertiary alicyclic amines) is 1. The van der Waals surface area contributed by atoms with Crippen molar-refractivity contribution >= 4 is 18.0 Å². The van der Waals surface area contributed by atoms with E-state index in [1.54, 1.807) is 4.90 Å². The molecule has 1 unspecified atom stereocenters. The molecule has 0 bridgehead atoms. The van der Waals surface area contributed by atoms with Gasteiger partial charge >= 0.3 is 12.1 Å². The van der Waals surface area contributed by atoms with E-state index in [9.17, 15) is 14.4 Å². The number of rotatable bonds is 10. The summed E-state index contributed by atoms with van der Waals surface area (Å²) >= 11 is 0. The van der Waals surface area contributed by atoms with Crippen LogP contribution in [0.3, 0.4) is 0 Å². The topological polar surface area (TPSA) is 95.9 Å². The first kappa shape index (κ1) is 23.8. The van der Waals surface area contributed by atoms with E-state index in [0.717, 1.165) is 25.7 Å². The van der Waals surface area contributed by atoms with E-state index in [1.165, 1.54) is 22.3 Å². The Kier molecular flexibility index (Phi) is 7.83. The Morgan fingerprint density at radius 3 is 2.24 bits per heavy atom. The number of carbonyl (C=O) groups excluding carboxylic acids is 2. The Bertz CT molecular complexity index is 992. The summed E-state index contributed by atoms with van der Waals surface area (Å²) < 4.78 is 5.54. The fraction of sp³-hybridized carbons (Fsp3) is 0.444. The monoisotopic (exact) mass is 464 g/mol. The van der Waals surface area contributed by atoms with Gasteiger partial charge in [0.25, 0.3) is 0 Å². The lowest BCUT2D eigenvalue weighted by Crippen LogP contribution is -2.29. The summed E-state index contributed by atoms with van der Waals surface area (Å²) in [5, 5.41) is 11.9. The molecule has 1 saturated heterocycles. The van der Waals surface area contributed by atoms with Crippen LogP contribution in [0.15, 0.2) is 48.5 Å². The van der Waals surface area contributed by atoms with Crippen LogP contribution in [0, 0.1) is 5.92 Å². The molecule has 1 atom stereocenters. The first-order valence-electron chi connectivity index (χ1n) is 12.1. The Morgan fingerprint density at radius 2 is 1.59 bits per heavy atom. The van der Waals surface area contributed by atoms with Crippen LogP contribution in [0.5, 0.6) is 0 Å². The van der Waals surface area contributed by atoms with E-state index in [4.69, 9.17) is 9.84 Å². The van der Waals surface area contributed by atoms with Crippen LogP contribution in [0.2, 0.25) is 0 Å². The van der Waals surface area contributed by atoms with E-state index in [1.807, 2.05) is 24.3 Å². The molecule has 1 heterocycles. The highest BCUT2D eigenvalue weighted by atomic mass is 16.5. The summed E-state index contributed by atoms with van der Waals surface area (Å²) in [4.78, 5) is 37.1. The molecule has 2 aromatic rings. The summed E-state index contributed by atoms with van der Waals surface area (Å²) in [6, 6.07) is 16.5. The van der Waals surface area contributed by atoms with Gasteiger partial charge in [-0.2, -0.15) is 0 Å². The maximum atomic E-state index is 12.2. The van der Waals surface area contributed by atoms with Gasteiger partial charge in [0.2, 0.25) is 5.91 Å². The van der Waals surface area contributed by atoms with Gasteiger partial charge in [-0.25, -0.2) is 4.79 Å². The van der Waals surface area contributed by atoms with Crippen LogP contribution < -0.4 is 5.32 Å². The van der Waals surface area contributed by atoms with Crippen LogP contribution in [-0.4, -0.2) is 54.2 Å². The highest BCUT2D eigenvalue weighted by molar-refractivity contribution is 5.79. The minimum atomic E-state index is -0.820. The number of hydrogen-bond acceptors (Lipinski definition) is 4. The number of carboxylic acid groups (broad SMARTS) is 1. The van der Waals surface area contributed by atoms with E-state index < -0.39 is 18.0 Å². The fourth-order valence-corrected chi connectivity index (χ4v) is 4.94. The summed E-state index contributed by atoms with van der Waals surface area (Å²) in [7, 11) is 0. The Hall–Kier alpha value is -3.35. The number of fused-ring (bicyclic) bond motifs is 3. The number of benzene rings is 2. The molecule has 7 nitrogen and oxygen atoms in total. The number of nitrogens with one attached hydrogen (secondary N) is 1. The molecule has 0 saturated carbocycles. The molecule has 1 aliphatic carbocycles. The second-order valence-electron chi connectivity index (χ2n) is 9.08. The largest absolute Gasteiger partial charge is 0.481 e. The first-order valence-corrected chi connectivity index (χ1v) is 12.1. The fourth-order valence-electron chi connectivity index (χ4n) is 4.94. The van der Waals surface area contributed by atoms with E-state index in [2.05, 4.69) is 29.6 Å². The Morgan fingerprint density at radius 1 is 0.941 bits per heavy atom. The molecule has 7 heteroatoms. The molecule has 180 valence electrons. The molecule has 34 heavy (non-hydrogen) atoms. The van der Waals surface area contributed by atoms with Crippen molar-refractivity contribution in [2.24, 2.45) is 5.92 Å². The van der Waals surface area contributed by atoms with Crippen molar-refractivity contribution in [3.8, 4) is 11.1 Å². The predicted octanol–water partition coefficient (Wildman–Crippen LogP) is 4.41. The number of ether oxygens (including phenoxy) is 1. The van der Waals surface area contributed by atoms with E-state index in [-0.39, 0.29) is 11.8 Å². The lowest BCUT2D eigenvalue weighted by Gasteiger charge is -2.15. The average molecular weight is 465 g/mol. The van der Waals surface area contributed by atoms with Crippen LogP contribution in [-0.2, 0) is 14.3 Å². The SMILES string of the molecule is O=C(NCCCCCCC(=O)N1CCC(C(=O)O)C1)OCC1c2ccccc2-c2ccccc21.